The third kappa shape index (κ3) is 4.00. The summed E-state index contributed by atoms with van der Waals surface area (Å²) in [7, 11) is 0. The van der Waals surface area contributed by atoms with Crippen LogP contribution < -0.4 is 5.32 Å². The Hall–Kier alpha value is -2.74. The fraction of sp³-hybridized carbons (Fsp3) is 0.211. The van der Waals surface area contributed by atoms with Gasteiger partial charge in [-0.25, -0.2) is 18.4 Å². The second-order valence-corrected chi connectivity index (χ2v) is 7.15. The van der Waals surface area contributed by atoms with Gasteiger partial charge in [-0.05, 0) is 37.1 Å². The molecule has 0 unspecified atom stereocenters. The van der Waals surface area contributed by atoms with Crippen LogP contribution in [0.25, 0.3) is 5.69 Å². The van der Waals surface area contributed by atoms with E-state index in [1.54, 1.807) is 4.68 Å². The largest absolute Gasteiger partial charge is 0.320 e. The van der Waals surface area contributed by atoms with Crippen molar-refractivity contribution in [3.05, 3.63) is 66.0 Å². The van der Waals surface area contributed by atoms with Gasteiger partial charge in [-0.3, -0.25) is 4.79 Å². The predicted molar refractivity (Wildman–Crippen MR) is 99.0 cm³/mol. The molecule has 1 heterocycles. The second-order valence-electron chi connectivity index (χ2n) is 6.21. The van der Waals surface area contributed by atoms with E-state index in [0.29, 0.717) is 11.1 Å². The van der Waals surface area contributed by atoms with Crippen LogP contribution in [0, 0.1) is 11.6 Å². The number of halogens is 2. The van der Waals surface area contributed by atoms with E-state index in [1.807, 2.05) is 30.3 Å². The maximum Gasteiger partial charge on any atom is 0.235 e. The molecule has 3 aromatic rings. The molecule has 0 bridgehead atoms. The van der Waals surface area contributed by atoms with E-state index in [-0.39, 0.29) is 5.75 Å². The zero-order valence-electron chi connectivity index (χ0n) is 14.2. The van der Waals surface area contributed by atoms with Crippen molar-refractivity contribution in [2.45, 2.75) is 23.9 Å². The Balaban J connectivity index is 1.46. The summed E-state index contributed by atoms with van der Waals surface area (Å²) in [4.78, 5) is 16.6. The molecule has 4 rings (SSSR count). The molecule has 5 nitrogen and oxygen atoms in total. The number of para-hydroxylation sites is 2. The molecule has 1 saturated carbocycles. The molecule has 1 N–H and O–H groups in total. The maximum absolute atomic E-state index is 13.6. The number of aromatic nitrogens is 3. The average Bonchev–Trinajstić information content (AvgIpc) is 3.43. The first kappa shape index (κ1) is 17.7. The van der Waals surface area contributed by atoms with Gasteiger partial charge in [-0.15, -0.1) is 5.10 Å². The summed E-state index contributed by atoms with van der Waals surface area (Å²) in [5.41, 5.74) is 0.473. The van der Waals surface area contributed by atoms with Gasteiger partial charge in [0.1, 0.15) is 23.1 Å². The van der Waals surface area contributed by atoms with Crippen molar-refractivity contribution in [1.82, 2.24) is 14.8 Å². The molecule has 8 heteroatoms. The number of nitrogens with one attached hydrogen (secondary N) is 1. The van der Waals surface area contributed by atoms with E-state index in [9.17, 15) is 13.6 Å². The van der Waals surface area contributed by atoms with E-state index >= 15 is 0 Å². The van der Waals surface area contributed by atoms with Gasteiger partial charge in [0.05, 0.1) is 11.4 Å². The normalized spacial score (nSPS) is 13.6. The van der Waals surface area contributed by atoms with Crippen LogP contribution in [0.2, 0.25) is 0 Å². The lowest BCUT2D eigenvalue weighted by molar-refractivity contribution is -0.113. The number of carbonyl (C=O) groups is 1. The number of hydrogen-bond donors (Lipinski definition) is 1. The summed E-state index contributed by atoms with van der Waals surface area (Å²) in [5, 5.41) is 7.22. The SMILES string of the molecule is O=C(CSc1nc(C2CC2)n(-c2ccccc2)n1)Nc1c(F)cccc1F. The molecule has 0 atom stereocenters. The molecule has 1 fully saturated rings. The third-order valence-corrected chi connectivity index (χ3v) is 4.95. The molecular formula is C19H16F2N4OS. The second kappa shape index (κ2) is 7.48. The predicted octanol–water partition coefficient (Wildman–Crippen LogP) is 4.15. The first-order valence-electron chi connectivity index (χ1n) is 8.51. The van der Waals surface area contributed by atoms with Crippen molar-refractivity contribution >= 4 is 23.4 Å². The highest BCUT2D eigenvalue weighted by molar-refractivity contribution is 7.99. The van der Waals surface area contributed by atoms with Gasteiger partial charge in [-0.1, -0.05) is 36.0 Å². The molecular weight excluding hydrogens is 370 g/mol. The van der Waals surface area contributed by atoms with E-state index in [1.165, 1.54) is 6.07 Å². The quantitative estimate of drug-likeness (QED) is 0.647. The standard InChI is InChI=1S/C19H16F2N4OS/c20-14-7-4-8-15(21)17(14)22-16(26)11-27-19-23-18(12-9-10-12)25(24-19)13-5-2-1-3-6-13/h1-8,12H,9-11H2,(H,22,26). The number of anilines is 1. The van der Waals surface area contributed by atoms with Crippen molar-refractivity contribution in [2.24, 2.45) is 0 Å². The van der Waals surface area contributed by atoms with Crippen LogP contribution in [0.1, 0.15) is 24.6 Å². The molecule has 1 aliphatic carbocycles. The molecule has 0 saturated heterocycles. The topological polar surface area (TPSA) is 59.8 Å². The lowest BCUT2D eigenvalue weighted by Crippen LogP contribution is -2.16. The van der Waals surface area contributed by atoms with Crippen molar-refractivity contribution in [3.63, 3.8) is 0 Å². The minimum absolute atomic E-state index is 0.0450. The first-order valence-corrected chi connectivity index (χ1v) is 9.49. The van der Waals surface area contributed by atoms with Gasteiger partial charge in [0.2, 0.25) is 11.1 Å². The highest BCUT2D eigenvalue weighted by Gasteiger charge is 2.30. The number of carbonyl (C=O) groups excluding carboxylic acids is 1. The summed E-state index contributed by atoms with van der Waals surface area (Å²) < 4.78 is 29.0. The Morgan fingerprint density at radius 3 is 2.48 bits per heavy atom. The lowest BCUT2D eigenvalue weighted by Gasteiger charge is -2.06. The number of hydrogen-bond acceptors (Lipinski definition) is 4. The van der Waals surface area contributed by atoms with E-state index in [0.717, 1.165) is 48.2 Å². The Morgan fingerprint density at radius 1 is 1.11 bits per heavy atom. The van der Waals surface area contributed by atoms with Crippen LogP contribution in [0.5, 0.6) is 0 Å². The van der Waals surface area contributed by atoms with E-state index in [2.05, 4.69) is 15.4 Å². The molecule has 27 heavy (non-hydrogen) atoms. The molecule has 0 radical (unpaired) electrons. The van der Waals surface area contributed by atoms with Crippen molar-refractivity contribution in [2.75, 3.05) is 11.1 Å². The minimum Gasteiger partial charge on any atom is -0.320 e. The summed E-state index contributed by atoms with van der Waals surface area (Å²) in [5.74, 6) is -0.922. The van der Waals surface area contributed by atoms with Crippen LogP contribution in [0.4, 0.5) is 14.5 Å². The maximum atomic E-state index is 13.6. The average molecular weight is 386 g/mol. The Bertz CT molecular complexity index is 953. The number of amides is 1. The van der Waals surface area contributed by atoms with Gasteiger partial charge in [0.25, 0.3) is 0 Å². The first-order chi connectivity index (χ1) is 13.1. The summed E-state index contributed by atoms with van der Waals surface area (Å²) in [6.45, 7) is 0. The monoisotopic (exact) mass is 386 g/mol. The molecule has 0 aliphatic heterocycles. The van der Waals surface area contributed by atoms with E-state index < -0.39 is 23.2 Å². The van der Waals surface area contributed by atoms with Crippen molar-refractivity contribution < 1.29 is 13.6 Å². The molecule has 1 amide bonds. The molecule has 138 valence electrons. The highest BCUT2D eigenvalue weighted by atomic mass is 32.2. The fourth-order valence-electron chi connectivity index (χ4n) is 2.65. The summed E-state index contributed by atoms with van der Waals surface area (Å²) in [6.07, 6.45) is 2.14. The van der Waals surface area contributed by atoms with E-state index in [4.69, 9.17) is 0 Å². The smallest absolute Gasteiger partial charge is 0.235 e. The molecule has 1 aromatic heterocycles. The van der Waals surface area contributed by atoms with Crippen LogP contribution in [0.15, 0.2) is 53.7 Å². The van der Waals surface area contributed by atoms with Crippen LogP contribution in [0.3, 0.4) is 0 Å². The molecule has 2 aromatic carbocycles. The number of rotatable bonds is 6. The Morgan fingerprint density at radius 2 is 1.81 bits per heavy atom. The molecule has 0 spiro atoms. The minimum atomic E-state index is -0.809. The summed E-state index contributed by atoms with van der Waals surface area (Å²) >= 11 is 1.13. The number of thioether (sulfide) groups is 1. The van der Waals surface area contributed by atoms with Gasteiger partial charge in [-0.2, -0.15) is 0 Å². The third-order valence-electron chi connectivity index (χ3n) is 4.12. The van der Waals surface area contributed by atoms with Crippen LogP contribution in [-0.4, -0.2) is 26.4 Å². The van der Waals surface area contributed by atoms with Gasteiger partial charge in [0, 0.05) is 5.92 Å². The Kier molecular flexibility index (Phi) is 4.89. The Labute approximate surface area is 158 Å². The van der Waals surface area contributed by atoms with Gasteiger partial charge >= 0.3 is 0 Å². The fourth-order valence-corrected chi connectivity index (χ4v) is 3.28. The lowest BCUT2D eigenvalue weighted by atomic mass is 10.3. The zero-order valence-corrected chi connectivity index (χ0v) is 15.0. The molecule has 1 aliphatic rings. The van der Waals surface area contributed by atoms with Crippen LogP contribution in [-0.2, 0) is 4.79 Å². The number of nitrogens with zero attached hydrogens (tertiary/aromatic N) is 3. The van der Waals surface area contributed by atoms with Crippen molar-refractivity contribution in [3.8, 4) is 5.69 Å². The van der Waals surface area contributed by atoms with Gasteiger partial charge < -0.3 is 5.32 Å². The van der Waals surface area contributed by atoms with Gasteiger partial charge in [0.15, 0.2) is 0 Å². The summed E-state index contributed by atoms with van der Waals surface area (Å²) in [6, 6.07) is 13.1. The van der Waals surface area contributed by atoms with Crippen molar-refractivity contribution in [1.29, 1.82) is 0 Å². The van der Waals surface area contributed by atoms with Crippen LogP contribution >= 0.6 is 11.8 Å². The number of benzene rings is 2. The zero-order chi connectivity index (χ0) is 18.8. The highest BCUT2D eigenvalue weighted by Crippen LogP contribution is 2.40.